The maximum atomic E-state index is 11.3. The van der Waals surface area contributed by atoms with Crippen LogP contribution in [0.25, 0.3) is 0 Å². The van der Waals surface area contributed by atoms with Crippen LogP contribution in [0.2, 0.25) is 0 Å². The number of hydrogen-bond donors (Lipinski definition) is 1. The summed E-state index contributed by atoms with van der Waals surface area (Å²) in [5.41, 5.74) is 2.95. The molecular formula is C18H21NO2. The summed E-state index contributed by atoms with van der Waals surface area (Å²) in [7, 11) is 1.39. The van der Waals surface area contributed by atoms with Crippen LogP contribution in [0, 0.1) is 0 Å². The van der Waals surface area contributed by atoms with Crippen LogP contribution in [0.5, 0.6) is 0 Å². The molecule has 2 rings (SSSR count). The molecule has 0 fully saturated rings. The van der Waals surface area contributed by atoms with Gasteiger partial charge in [-0.05, 0) is 42.2 Å². The van der Waals surface area contributed by atoms with Crippen LogP contribution in [0.15, 0.2) is 54.6 Å². The Morgan fingerprint density at radius 1 is 1.10 bits per heavy atom. The molecule has 0 aliphatic heterocycles. The van der Waals surface area contributed by atoms with Gasteiger partial charge in [-0.3, -0.25) is 0 Å². The molecule has 2 aromatic carbocycles. The van der Waals surface area contributed by atoms with Gasteiger partial charge in [-0.25, -0.2) is 4.79 Å². The van der Waals surface area contributed by atoms with Crippen molar-refractivity contribution in [3.05, 3.63) is 65.7 Å². The standard InChI is InChI=1S/C18H21NO2/c1-14(15-6-4-3-5-7-15)12-13-19-17-10-8-16(9-11-17)18(20)21-2/h3-11,14,19H,12-13H2,1-2H3. The first-order chi connectivity index (χ1) is 10.2. The lowest BCUT2D eigenvalue weighted by molar-refractivity contribution is 0.0601. The van der Waals surface area contributed by atoms with Gasteiger partial charge in [0.15, 0.2) is 0 Å². The molecule has 3 nitrogen and oxygen atoms in total. The smallest absolute Gasteiger partial charge is 0.337 e. The fourth-order valence-corrected chi connectivity index (χ4v) is 2.22. The van der Waals surface area contributed by atoms with Crippen molar-refractivity contribution >= 4 is 11.7 Å². The highest BCUT2D eigenvalue weighted by Crippen LogP contribution is 2.18. The molecule has 0 aromatic heterocycles. The highest BCUT2D eigenvalue weighted by Gasteiger charge is 2.06. The van der Waals surface area contributed by atoms with Crippen LogP contribution in [0.3, 0.4) is 0 Å². The van der Waals surface area contributed by atoms with E-state index in [4.69, 9.17) is 0 Å². The molecule has 1 atom stereocenters. The second-order valence-corrected chi connectivity index (χ2v) is 5.10. The van der Waals surface area contributed by atoms with Gasteiger partial charge >= 0.3 is 5.97 Å². The zero-order valence-corrected chi connectivity index (χ0v) is 12.5. The molecule has 0 aliphatic carbocycles. The van der Waals surface area contributed by atoms with E-state index in [1.165, 1.54) is 12.7 Å². The fourth-order valence-electron chi connectivity index (χ4n) is 2.22. The van der Waals surface area contributed by atoms with E-state index in [9.17, 15) is 4.79 Å². The van der Waals surface area contributed by atoms with Crippen molar-refractivity contribution in [3.63, 3.8) is 0 Å². The molecule has 1 N–H and O–H groups in total. The summed E-state index contributed by atoms with van der Waals surface area (Å²) < 4.78 is 4.68. The summed E-state index contributed by atoms with van der Waals surface area (Å²) in [6.07, 6.45) is 1.06. The van der Waals surface area contributed by atoms with E-state index in [1.807, 2.05) is 18.2 Å². The first-order valence-electron chi connectivity index (χ1n) is 7.18. The van der Waals surface area contributed by atoms with Crippen molar-refractivity contribution in [2.75, 3.05) is 19.0 Å². The Hall–Kier alpha value is -2.29. The molecule has 1 unspecified atom stereocenters. The van der Waals surface area contributed by atoms with E-state index in [2.05, 4.69) is 41.2 Å². The van der Waals surface area contributed by atoms with Gasteiger partial charge in [0.2, 0.25) is 0 Å². The van der Waals surface area contributed by atoms with Crippen LogP contribution in [0.4, 0.5) is 5.69 Å². The van der Waals surface area contributed by atoms with Gasteiger partial charge in [-0.2, -0.15) is 0 Å². The van der Waals surface area contributed by atoms with Gasteiger partial charge in [-0.15, -0.1) is 0 Å². The predicted octanol–water partition coefficient (Wildman–Crippen LogP) is 4.08. The molecule has 0 amide bonds. The lowest BCUT2D eigenvalue weighted by Gasteiger charge is -2.13. The molecule has 0 radical (unpaired) electrons. The number of carbonyl (C=O) groups is 1. The van der Waals surface area contributed by atoms with Crippen molar-refractivity contribution in [2.45, 2.75) is 19.3 Å². The largest absolute Gasteiger partial charge is 0.465 e. The molecule has 0 saturated heterocycles. The summed E-state index contributed by atoms with van der Waals surface area (Å²) >= 11 is 0. The van der Waals surface area contributed by atoms with Crippen LogP contribution in [-0.4, -0.2) is 19.6 Å². The van der Waals surface area contributed by atoms with E-state index in [1.54, 1.807) is 12.1 Å². The molecule has 21 heavy (non-hydrogen) atoms. The highest BCUT2D eigenvalue weighted by atomic mass is 16.5. The lowest BCUT2D eigenvalue weighted by Crippen LogP contribution is -2.06. The molecule has 0 saturated carbocycles. The van der Waals surface area contributed by atoms with Crippen molar-refractivity contribution in [2.24, 2.45) is 0 Å². The first kappa shape index (κ1) is 15.1. The fraction of sp³-hybridized carbons (Fsp3) is 0.278. The molecular weight excluding hydrogens is 262 g/mol. The zero-order chi connectivity index (χ0) is 15.1. The SMILES string of the molecule is COC(=O)c1ccc(NCCC(C)c2ccccc2)cc1. The third-order valence-electron chi connectivity index (χ3n) is 3.58. The van der Waals surface area contributed by atoms with Crippen molar-refractivity contribution in [3.8, 4) is 0 Å². The third-order valence-corrected chi connectivity index (χ3v) is 3.58. The molecule has 0 spiro atoms. The number of anilines is 1. The molecule has 0 bridgehead atoms. The quantitative estimate of drug-likeness (QED) is 0.812. The van der Waals surface area contributed by atoms with Crippen LogP contribution in [-0.2, 0) is 4.74 Å². The van der Waals surface area contributed by atoms with Gasteiger partial charge in [0.05, 0.1) is 12.7 Å². The van der Waals surface area contributed by atoms with E-state index < -0.39 is 0 Å². The van der Waals surface area contributed by atoms with Crippen molar-refractivity contribution < 1.29 is 9.53 Å². The van der Waals surface area contributed by atoms with E-state index in [0.717, 1.165) is 18.7 Å². The van der Waals surface area contributed by atoms with E-state index in [-0.39, 0.29) is 5.97 Å². The van der Waals surface area contributed by atoms with Gasteiger partial charge in [0.1, 0.15) is 0 Å². The molecule has 3 heteroatoms. The summed E-state index contributed by atoms with van der Waals surface area (Å²) in [6.45, 7) is 3.13. The minimum atomic E-state index is -0.306. The highest BCUT2D eigenvalue weighted by molar-refractivity contribution is 5.89. The number of hydrogen-bond acceptors (Lipinski definition) is 3. The summed E-state index contributed by atoms with van der Waals surface area (Å²) in [6, 6.07) is 17.9. The van der Waals surface area contributed by atoms with Gasteiger partial charge in [0, 0.05) is 12.2 Å². The predicted molar refractivity (Wildman–Crippen MR) is 85.7 cm³/mol. The Labute approximate surface area is 126 Å². The van der Waals surface area contributed by atoms with Crippen molar-refractivity contribution in [1.82, 2.24) is 0 Å². The Bertz CT molecular complexity index is 564. The topological polar surface area (TPSA) is 38.3 Å². The Morgan fingerprint density at radius 2 is 1.76 bits per heavy atom. The maximum absolute atomic E-state index is 11.3. The average Bonchev–Trinajstić information content (AvgIpc) is 2.55. The molecule has 0 heterocycles. The van der Waals surface area contributed by atoms with Gasteiger partial charge < -0.3 is 10.1 Å². The van der Waals surface area contributed by atoms with E-state index in [0.29, 0.717) is 11.5 Å². The number of benzene rings is 2. The van der Waals surface area contributed by atoms with Gasteiger partial charge in [-0.1, -0.05) is 37.3 Å². The van der Waals surface area contributed by atoms with E-state index >= 15 is 0 Å². The summed E-state index contributed by atoms with van der Waals surface area (Å²) in [4.78, 5) is 11.3. The Kier molecular flexibility index (Phi) is 5.38. The van der Waals surface area contributed by atoms with Crippen LogP contribution in [0.1, 0.15) is 35.2 Å². The van der Waals surface area contributed by atoms with Crippen molar-refractivity contribution in [1.29, 1.82) is 0 Å². The second-order valence-electron chi connectivity index (χ2n) is 5.10. The number of carbonyl (C=O) groups excluding carboxylic acids is 1. The zero-order valence-electron chi connectivity index (χ0n) is 12.5. The first-order valence-corrected chi connectivity index (χ1v) is 7.18. The van der Waals surface area contributed by atoms with Crippen LogP contribution < -0.4 is 5.32 Å². The normalized spacial score (nSPS) is 11.7. The third kappa shape index (κ3) is 4.35. The van der Waals surface area contributed by atoms with Gasteiger partial charge in [0.25, 0.3) is 0 Å². The lowest BCUT2D eigenvalue weighted by atomic mass is 9.98. The van der Waals surface area contributed by atoms with Crippen LogP contribution >= 0.6 is 0 Å². The number of esters is 1. The molecule has 2 aromatic rings. The summed E-state index contributed by atoms with van der Waals surface area (Å²) in [5, 5.41) is 3.38. The number of rotatable bonds is 6. The Morgan fingerprint density at radius 3 is 2.38 bits per heavy atom. The minimum absolute atomic E-state index is 0.306. The minimum Gasteiger partial charge on any atom is -0.465 e. The number of nitrogens with one attached hydrogen (secondary N) is 1. The molecule has 0 aliphatic rings. The summed E-state index contributed by atoms with van der Waals surface area (Å²) in [5.74, 6) is 0.215. The molecule has 110 valence electrons. The second kappa shape index (κ2) is 7.48. The monoisotopic (exact) mass is 283 g/mol. The number of methoxy groups -OCH3 is 1. The number of ether oxygens (including phenoxy) is 1. The Balaban J connectivity index is 1.82. The maximum Gasteiger partial charge on any atom is 0.337 e. The average molecular weight is 283 g/mol.